The van der Waals surface area contributed by atoms with E-state index in [1.54, 1.807) is 40.6 Å². The molecule has 198 valence electrons. The number of phenols is 2. The van der Waals surface area contributed by atoms with Gasteiger partial charge < -0.3 is 29.2 Å². The van der Waals surface area contributed by atoms with Crippen molar-refractivity contribution in [1.82, 2.24) is 0 Å². The number of benzene rings is 4. The van der Waals surface area contributed by atoms with E-state index in [9.17, 15) is 10.2 Å². The summed E-state index contributed by atoms with van der Waals surface area (Å²) >= 11 is 0. The zero-order chi connectivity index (χ0) is 27.1. The van der Waals surface area contributed by atoms with Crippen molar-refractivity contribution < 1.29 is 29.2 Å². The Kier molecular flexibility index (Phi) is 8.64. The molecule has 4 aromatic rings. The van der Waals surface area contributed by atoms with Crippen LogP contribution >= 0.6 is 0 Å². The molecule has 0 amide bonds. The van der Waals surface area contributed by atoms with Crippen LogP contribution in [0.15, 0.2) is 72.8 Å². The molecule has 0 spiro atoms. The minimum atomic E-state index is 0.142. The number of methoxy groups -OCH3 is 4. The Bertz CT molecular complexity index is 1290. The monoisotopic (exact) mass is 514 g/mol. The predicted octanol–water partition coefficient (Wildman–Crippen LogP) is 6.37. The predicted molar refractivity (Wildman–Crippen MR) is 149 cm³/mol. The SMILES string of the molecule is COc1ccc(CCc2ccc(-c3ccc(CCc4ccc(OC)c(OC)c4)cc3O)c(O)c2)cc1OC. The Hall–Kier alpha value is -4.32. The number of hydrogen-bond donors (Lipinski definition) is 2. The third kappa shape index (κ3) is 6.14. The van der Waals surface area contributed by atoms with Gasteiger partial charge >= 0.3 is 0 Å². The Morgan fingerprint density at radius 3 is 1.05 bits per heavy atom. The lowest BCUT2D eigenvalue weighted by atomic mass is 9.96. The van der Waals surface area contributed by atoms with Crippen molar-refractivity contribution in [3.63, 3.8) is 0 Å². The van der Waals surface area contributed by atoms with Gasteiger partial charge in [0.2, 0.25) is 0 Å². The molecular formula is C32H34O6. The average molecular weight is 515 g/mol. The lowest BCUT2D eigenvalue weighted by Crippen LogP contribution is -1.96. The molecule has 4 aromatic carbocycles. The minimum Gasteiger partial charge on any atom is -0.507 e. The molecule has 0 aliphatic carbocycles. The fourth-order valence-corrected chi connectivity index (χ4v) is 4.57. The first kappa shape index (κ1) is 26.7. The summed E-state index contributed by atoms with van der Waals surface area (Å²) < 4.78 is 21.4. The van der Waals surface area contributed by atoms with Gasteiger partial charge in [-0.05, 0) is 84.3 Å². The van der Waals surface area contributed by atoms with E-state index in [0.29, 0.717) is 34.1 Å². The molecule has 0 aliphatic rings. The quantitative estimate of drug-likeness (QED) is 0.242. The molecule has 6 nitrogen and oxygen atoms in total. The largest absolute Gasteiger partial charge is 0.507 e. The van der Waals surface area contributed by atoms with Crippen LogP contribution in [0.5, 0.6) is 34.5 Å². The highest BCUT2D eigenvalue weighted by Gasteiger charge is 2.12. The Morgan fingerprint density at radius 2 is 0.737 bits per heavy atom. The molecule has 0 heterocycles. The van der Waals surface area contributed by atoms with Crippen LogP contribution in [0.4, 0.5) is 0 Å². The first-order valence-electron chi connectivity index (χ1n) is 12.5. The normalized spacial score (nSPS) is 10.7. The maximum atomic E-state index is 10.8. The second kappa shape index (κ2) is 12.3. The number of ether oxygens (including phenoxy) is 4. The molecule has 0 atom stereocenters. The maximum absolute atomic E-state index is 10.8. The summed E-state index contributed by atoms with van der Waals surface area (Å²) in [5.74, 6) is 3.08. The van der Waals surface area contributed by atoms with Crippen LogP contribution in [-0.2, 0) is 25.7 Å². The van der Waals surface area contributed by atoms with E-state index < -0.39 is 0 Å². The van der Waals surface area contributed by atoms with Gasteiger partial charge in [-0.1, -0.05) is 36.4 Å². The highest BCUT2D eigenvalue weighted by molar-refractivity contribution is 5.76. The first-order valence-corrected chi connectivity index (χ1v) is 12.5. The summed E-state index contributed by atoms with van der Waals surface area (Å²) in [5, 5.41) is 21.5. The molecule has 0 bridgehead atoms. The van der Waals surface area contributed by atoms with Gasteiger partial charge in [-0.25, -0.2) is 0 Å². The van der Waals surface area contributed by atoms with Gasteiger partial charge in [0.15, 0.2) is 23.0 Å². The van der Waals surface area contributed by atoms with E-state index in [0.717, 1.165) is 47.9 Å². The van der Waals surface area contributed by atoms with Crippen molar-refractivity contribution in [1.29, 1.82) is 0 Å². The van der Waals surface area contributed by atoms with Crippen LogP contribution in [0.1, 0.15) is 22.3 Å². The van der Waals surface area contributed by atoms with Gasteiger partial charge in [0.25, 0.3) is 0 Å². The molecule has 0 radical (unpaired) electrons. The van der Waals surface area contributed by atoms with E-state index in [2.05, 4.69) is 0 Å². The van der Waals surface area contributed by atoms with E-state index in [-0.39, 0.29) is 11.5 Å². The van der Waals surface area contributed by atoms with E-state index in [4.69, 9.17) is 18.9 Å². The Labute approximate surface area is 224 Å². The fourth-order valence-electron chi connectivity index (χ4n) is 4.57. The molecule has 0 aliphatic heterocycles. The number of aryl methyl sites for hydroxylation is 4. The van der Waals surface area contributed by atoms with Crippen LogP contribution < -0.4 is 18.9 Å². The molecule has 0 aromatic heterocycles. The summed E-state index contributed by atoms with van der Waals surface area (Å²) in [6.45, 7) is 0. The number of aromatic hydroxyl groups is 2. The van der Waals surface area contributed by atoms with Crippen molar-refractivity contribution in [2.45, 2.75) is 25.7 Å². The molecule has 38 heavy (non-hydrogen) atoms. The van der Waals surface area contributed by atoms with Gasteiger partial charge in [0, 0.05) is 11.1 Å². The maximum Gasteiger partial charge on any atom is 0.160 e. The molecule has 6 heteroatoms. The zero-order valence-electron chi connectivity index (χ0n) is 22.3. The molecule has 4 rings (SSSR count). The number of rotatable bonds is 11. The zero-order valence-corrected chi connectivity index (χ0v) is 22.3. The Morgan fingerprint density at radius 1 is 0.421 bits per heavy atom. The van der Waals surface area contributed by atoms with Gasteiger partial charge in [0.1, 0.15) is 11.5 Å². The molecule has 0 fully saturated rings. The topological polar surface area (TPSA) is 77.4 Å². The van der Waals surface area contributed by atoms with Crippen molar-refractivity contribution >= 4 is 0 Å². The number of phenolic OH excluding ortho intramolecular Hbond substituents is 2. The smallest absolute Gasteiger partial charge is 0.160 e. The summed E-state index contributed by atoms with van der Waals surface area (Å²) in [5.41, 5.74) is 5.45. The summed E-state index contributed by atoms with van der Waals surface area (Å²) in [6, 6.07) is 23.0. The van der Waals surface area contributed by atoms with Crippen LogP contribution in [0.3, 0.4) is 0 Å². The third-order valence-electron chi connectivity index (χ3n) is 6.72. The molecular weight excluding hydrogens is 480 g/mol. The molecule has 0 unspecified atom stereocenters. The van der Waals surface area contributed by atoms with E-state index in [1.165, 1.54) is 0 Å². The minimum absolute atomic E-state index is 0.142. The van der Waals surface area contributed by atoms with Crippen molar-refractivity contribution in [2.24, 2.45) is 0 Å². The molecule has 0 saturated heterocycles. The second-order valence-electron chi connectivity index (χ2n) is 9.08. The van der Waals surface area contributed by atoms with E-state index >= 15 is 0 Å². The van der Waals surface area contributed by atoms with Crippen molar-refractivity contribution in [3.05, 3.63) is 95.1 Å². The number of hydrogen-bond acceptors (Lipinski definition) is 6. The van der Waals surface area contributed by atoms with Crippen LogP contribution in [0.25, 0.3) is 11.1 Å². The van der Waals surface area contributed by atoms with Gasteiger partial charge in [-0.3, -0.25) is 0 Å². The molecule has 2 N–H and O–H groups in total. The van der Waals surface area contributed by atoms with Crippen molar-refractivity contribution in [2.75, 3.05) is 28.4 Å². The van der Waals surface area contributed by atoms with Crippen LogP contribution in [0.2, 0.25) is 0 Å². The highest BCUT2D eigenvalue weighted by atomic mass is 16.5. The van der Waals surface area contributed by atoms with E-state index in [1.807, 2.05) is 60.7 Å². The van der Waals surface area contributed by atoms with Crippen molar-refractivity contribution in [3.8, 4) is 45.6 Å². The van der Waals surface area contributed by atoms with Gasteiger partial charge in [-0.2, -0.15) is 0 Å². The summed E-state index contributed by atoms with van der Waals surface area (Å²) in [7, 11) is 6.48. The third-order valence-corrected chi connectivity index (χ3v) is 6.72. The fraction of sp³-hybridized carbons (Fsp3) is 0.250. The summed E-state index contributed by atoms with van der Waals surface area (Å²) in [4.78, 5) is 0. The second-order valence-corrected chi connectivity index (χ2v) is 9.08. The standard InChI is InChI=1S/C32H34O6/c1-35-29-15-11-23(19-31(29)37-3)7-5-21-9-13-25(27(33)17-21)26-14-10-22(18-28(26)34)6-8-24-12-16-30(36-2)32(20-24)38-4/h9-20,33-34H,5-8H2,1-4H3. The van der Waals surface area contributed by atoms with Gasteiger partial charge in [-0.15, -0.1) is 0 Å². The van der Waals surface area contributed by atoms with Gasteiger partial charge in [0.05, 0.1) is 28.4 Å². The average Bonchev–Trinajstić information content (AvgIpc) is 2.95. The Balaban J connectivity index is 1.42. The summed E-state index contributed by atoms with van der Waals surface area (Å²) in [6.07, 6.45) is 3.09. The first-order chi connectivity index (χ1) is 18.4. The highest BCUT2D eigenvalue weighted by Crippen LogP contribution is 2.37. The van der Waals surface area contributed by atoms with Crippen LogP contribution in [-0.4, -0.2) is 38.7 Å². The van der Waals surface area contributed by atoms with Crippen LogP contribution in [0, 0.1) is 0 Å². The lowest BCUT2D eigenvalue weighted by molar-refractivity contribution is 0.354. The molecule has 0 saturated carbocycles. The lowest BCUT2D eigenvalue weighted by Gasteiger charge is -2.12.